The maximum atomic E-state index is 14.0. The molecule has 1 aromatic carbocycles. The van der Waals surface area contributed by atoms with Crippen LogP contribution in [0.5, 0.6) is 0 Å². The number of rotatable bonds is 2. The number of carbonyl (C=O) groups is 1. The fourth-order valence-corrected chi connectivity index (χ4v) is 2.73. The minimum Gasteiger partial charge on any atom is -0.369 e. The Hall–Kier alpha value is -1.62. The van der Waals surface area contributed by atoms with Gasteiger partial charge in [0, 0.05) is 50.4 Å². The average Bonchev–Trinajstić information content (AvgIpc) is 2.63. The highest BCUT2D eigenvalue weighted by atomic mass is 19.1. The summed E-state index contributed by atoms with van der Waals surface area (Å²) in [5, 5.41) is 0. The van der Waals surface area contributed by atoms with Crippen molar-refractivity contribution >= 4 is 11.6 Å². The van der Waals surface area contributed by atoms with Gasteiger partial charge in [0.15, 0.2) is 0 Å². The lowest BCUT2D eigenvalue weighted by Gasteiger charge is -2.27. The molecular formula is C15H22FN3O. The third-order valence-electron chi connectivity index (χ3n) is 3.77. The van der Waals surface area contributed by atoms with Gasteiger partial charge in [-0.1, -0.05) is 6.07 Å². The molecular weight excluding hydrogens is 257 g/mol. The van der Waals surface area contributed by atoms with E-state index in [1.165, 1.54) is 6.07 Å². The lowest BCUT2D eigenvalue weighted by molar-refractivity contribution is -0.128. The van der Waals surface area contributed by atoms with Crippen LogP contribution in [0, 0.1) is 5.82 Å². The second-order valence-corrected chi connectivity index (χ2v) is 5.31. The lowest BCUT2D eigenvalue weighted by Crippen LogP contribution is -2.34. The fraction of sp³-hybridized carbons (Fsp3) is 0.533. The molecule has 0 radical (unpaired) electrons. The number of anilines is 1. The summed E-state index contributed by atoms with van der Waals surface area (Å²) < 4.78 is 14.0. The topological polar surface area (TPSA) is 49.6 Å². The van der Waals surface area contributed by atoms with E-state index in [9.17, 15) is 9.18 Å². The van der Waals surface area contributed by atoms with E-state index in [-0.39, 0.29) is 17.8 Å². The van der Waals surface area contributed by atoms with E-state index >= 15 is 0 Å². The third kappa shape index (κ3) is 3.10. The van der Waals surface area contributed by atoms with Gasteiger partial charge in [-0.25, -0.2) is 4.39 Å². The molecule has 0 saturated carbocycles. The Kier molecular flexibility index (Phi) is 4.60. The molecule has 1 aliphatic rings. The summed E-state index contributed by atoms with van der Waals surface area (Å²) in [6.45, 7) is 6.33. The molecule has 0 aliphatic carbocycles. The van der Waals surface area contributed by atoms with Crippen molar-refractivity contribution in [3.05, 3.63) is 29.6 Å². The monoisotopic (exact) mass is 279 g/mol. The number of benzene rings is 1. The molecule has 0 aromatic heterocycles. The number of carbonyl (C=O) groups excluding carboxylic acids is 1. The van der Waals surface area contributed by atoms with Gasteiger partial charge in [0.05, 0.1) is 0 Å². The van der Waals surface area contributed by atoms with Crippen LogP contribution in [0.25, 0.3) is 0 Å². The standard InChI is InChI=1S/C15H22FN3O/c1-11(17)15-13(16)5-3-6-14(15)19-8-4-7-18(9-10-19)12(2)20/h3,5-6,11H,4,7-10,17H2,1-2H3. The highest BCUT2D eigenvalue weighted by Gasteiger charge is 2.21. The first-order valence-electron chi connectivity index (χ1n) is 7.05. The van der Waals surface area contributed by atoms with E-state index in [0.29, 0.717) is 18.7 Å². The number of hydrogen-bond donors (Lipinski definition) is 1. The van der Waals surface area contributed by atoms with E-state index in [2.05, 4.69) is 4.90 Å². The number of halogens is 1. The zero-order valence-electron chi connectivity index (χ0n) is 12.1. The Morgan fingerprint density at radius 1 is 1.30 bits per heavy atom. The molecule has 1 saturated heterocycles. The Morgan fingerprint density at radius 2 is 2.05 bits per heavy atom. The van der Waals surface area contributed by atoms with Gasteiger partial charge < -0.3 is 15.5 Å². The molecule has 20 heavy (non-hydrogen) atoms. The van der Waals surface area contributed by atoms with E-state index < -0.39 is 0 Å². The first kappa shape index (κ1) is 14.8. The van der Waals surface area contributed by atoms with Crippen LogP contribution in [-0.4, -0.2) is 37.0 Å². The van der Waals surface area contributed by atoms with Crippen molar-refractivity contribution in [1.82, 2.24) is 4.90 Å². The Bertz CT molecular complexity index is 490. The highest BCUT2D eigenvalue weighted by molar-refractivity contribution is 5.73. The third-order valence-corrected chi connectivity index (χ3v) is 3.77. The van der Waals surface area contributed by atoms with Crippen LogP contribution in [-0.2, 0) is 4.79 Å². The molecule has 0 bridgehead atoms. The van der Waals surface area contributed by atoms with Gasteiger partial charge in [0.1, 0.15) is 5.82 Å². The van der Waals surface area contributed by atoms with Crippen LogP contribution < -0.4 is 10.6 Å². The summed E-state index contributed by atoms with van der Waals surface area (Å²) in [5.41, 5.74) is 7.32. The summed E-state index contributed by atoms with van der Waals surface area (Å²) >= 11 is 0. The molecule has 5 heteroatoms. The first-order valence-corrected chi connectivity index (χ1v) is 7.05. The van der Waals surface area contributed by atoms with Crippen LogP contribution in [0.1, 0.15) is 31.9 Å². The molecule has 1 aliphatic heterocycles. The highest BCUT2D eigenvalue weighted by Crippen LogP contribution is 2.28. The second kappa shape index (κ2) is 6.22. The molecule has 1 amide bonds. The molecule has 1 unspecified atom stereocenters. The molecule has 1 fully saturated rings. The largest absolute Gasteiger partial charge is 0.369 e. The summed E-state index contributed by atoms with van der Waals surface area (Å²) in [4.78, 5) is 15.4. The van der Waals surface area contributed by atoms with Gasteiger partial charge in [0.25, 0.3) is 0 Å². The second-order valence-electron chi connectivity index (χ2n) is 5.31. The molecule has 4 nitrogen and oxygen atoms in total. The molecule has 0 spiro atoms. The number of hydrogen-bond acceptors (Lipinski definition) is 3. The Balaban J connectivity index is 2.24. The Morgan fingerprint density at radius 3 is 2.70 bits per heavy atom. The number of nitrogens with zero attached hydrogens (tertiary/aromatic N) is 2. The van der Waals surface area contributed by atoms with Crippen LogP contribution in [0.15, 0.2) is 18.2 Å². The zero-order chi connectivity index (χ0) is 14.7. The maximum Gasteiger partial charge on any atom is 0.219 e. The Labute approximate surface area is 119 Å². The number of nitrogens with two attached hydrogens (primary N) is 1. The smallest absolute Gasteiger partial charge is 0.219 e. The predicted octanol–water partition coefficient (Wildman–Crippen LogP) is 1.90. The van der Waals surface area contributed by atoms with Crippen LogP contribution >= 0.6 is 0 Å². The lowest BCUT2D eigenvalue weighted by atomic mass is 10.0. The van der Waals surface area contributed by atoms with E-state index in [0.717, 1.165) is 25.2 Å². The van der Waals surface area contributed by atoms with Crippen molar-refractivity contribution in [1.29, 1.82) is 0 Å². The van der Waals surface area contributed by atoms with Gasteiger partial charge in [0.2, 0.25) is 5.91 Å². The van der Waals surface area contributed by atoms with E-state index in [1.54, 1.807) is 19.9 Å². The average molecular weight is 279 g/mol. The molecule has 110 valence electrons. The van der Waals surface area contributed by atoms with Crippen LogP contribution in [0.2, 0.25) is 0 Å². The summed E-state index contributed by atoms with van der Waals surface area (Å²) in [7, 11) is 0. The van der Waals surface area contributed by atoms with Gasteiger partial charge in [-0.2, -0.15) is 0 Å². The molecule has 2 N–H and O–H groups in total. The van der Waals surface area contributed by atoms with E-state index in [4.69, 9.17) is 5.73 Å². The number of amides is 1. The zero-order valence-corrected chi connectivity index (χ0v) is 12.1. The minimum atomic E-state index is -0.349. The van der Waals surface area contributed by atoms with Crippen molar-refractivity contribution in [2.24, 2.45) is 5.73 Å². The van der Waals surface area contributed by atoms with Crippen molar-refractivity contribution in [3.8, 4) is 0 Å². The summed E-state index contributed by atoms with van der Waals surface area (Å²) in [6, 6.07) is 4.72. The first-order chi connectivity index (χ1) is 9.50. The van der Waals surface area contributed by atoms with Crippen molar-refractivity contribution in [3.63, 3.8) is 0 Å². The molecule has 2 rings (SSSR count). The van der Waals surface area contributed by atoms with Gasteiger partial charge >= 0.3 is 0 Å². The normalized spacial score (nSPS) is 17.8. The summed E-state index contributed by atoms with van der Waals surface area (Å²) in [5.74, 6) is -0.163. The van der Waals surface area contributed by atoms with Crippen molar-refractivity contribution < 1.29 is 9.18 Å². The van der Waals surface area contributed by atoms with E-state index in [1.807, 2.05) is 11.0 Å². The minimum absolute atomic E-state index is 0.0958. The quantitative estimate of drug-likeness (QED) is 0.899. The molecule has 1 aromatic rings. The predicted molar refractivity (Wildman–Crippen MR) is 78.1 cm³/mol. The summed E-state index contributed by atoms with van der Waals surface area (Å²) in [6.07, 6.45) is 0.883. The van der Waals surface area contributed by atoms with Crippen LogP contribution in [0.4, 0.5) is 10.1 Å². The van der Waals surface area contributed by atoms with Gasteiger partial charge in [-0.3, -0.25) is 4.79 Å². The fourth-order valence-electron chi connectivity index (χ4n) is 2.73. The molecule has 1 heterocycles. The molecule has 1 atom stereocenters. The van der Waals surface area contributed by atoms with Gasteiger partial charge in [-0.05, 0) is 25.5 Å². The SMILES string of the molecule is CC(=O)N1CCCN(c2cccc(F)c2C(C)N)CC1. The maximum absolute atomic E-state index is 14.0. The van der Waals surface area contributed by atoms with Crippen LogP contribution in [0.3, 0.4) is 0 Å². The van der Waals surface area contributed by atoms with Crippen molar-refractivity contribution in [2.75, 3.05) is 31.1 Å². The van der Waals surface area contributed by atoms with Gasteiger partial charge in [-0.15, -0.1) is 0 Å². The van der Waals surface area contributed by atoms with Crippen molar-refractivity contribution in [2.45, 2.75) is 26.3 Å².